The van der Waals surface area contributed by atoms with Crippen LogP contribution in [-0.4, -0.2) is 72.0 Å². The standard InChI is InChI=1S/C46H63FN2O7/c1-4-24-49(43(52)23-20-32-14-6-7-15-32)42-30-40(48-53-3)37-28-33(16-10-12-25-50)36(18-11-13-26-51)44-38-29-35(54-31-34-17-8-9-19-39(34)47)21-22-41(38)56-46(42,45(37)44)55-27-5-2/h5,8-9,17,19,21-22,28-29,32-33,36,42,44-45,50-51H,2,4,6-7,10-16,18,20,23-27,30-31H2,1,3H3/t33-,36+,42-,44+,45+,46+/m0/s1. The van der Waals surface area contributed by atoms with E-state index in [1.54, 1.807) is 31.4 Å². The van der Waals surface area contributed by atoms with Gasteiger partial charge in [0, 0.05) is 49.6 Å². The Morgan fingerprint density at radius 1 is 1.07 bits per heavy atom. The Morgan fingerprint density at radius 3 is 2.55 bits per heavy atom. The zero-order valence-electron chi connectivity index (χ0n) is 33.5. The van der Waals surface area contributed by atoms with Crippen molar-refractivity contribution in [1.82, 2.24) is 4.90 Å². The number of benzene rings is 2. The zero-order chi connectivity index (χ0) is 39.5. The lowest BCUT2D eigenvalue weighted by molar-refractivity contribution is -0.257. The summed E-state index contributed by atoms with van der Waals surface area (Å²) in [6.45, 7) is 7.21. The van der Waals surface area contributed by atoms with Crippen LogP contribution in [0.4, 0.5) is 4.39 Å². The highest BCUT2D eigenvalue weighted by atomic mass is 19.1. The second-order valence-corrected chi connectivity index (χ2v) is 16.1. The van der Waals surface area contributed by atoms with Gasteiger partial charge in [-0.1, -0.05) is 81.0 Å². The van der Waals surface area contributed by atoms with Crippen molar-refractivity contribution in [1.29, 1.82) is 0 Å². The molecular formula is C46H63FN2O7. The summed E-state index contributed by atoms with van der Waals surface area (Å²) in [6, 6.07) is 12.0. The third-order valence-electron chi connectivity index (χ3n) is 12.6. The first-order valence-corrected chi connectivity index (χ1v) is 21.2. The Bertz CT molecular complexity index is 1670. The third-order valence-corrected chi connectivity index (χ3v) is 12.6. The summed E-state index contributed by atoms with van der Waals surface area (Å²) < 4.78 is 35.3. The summed E-state index contributed by atoms with van der Waals surface area (Å²) in [5, 5.41) is 24.4. The monoisotopic (exact) mass is 774 g/mol. The minimum atomic E-state index is -1.27. The average Bonchev–Trinajstić information content (AvgIpc) is 3.74. The van der Waals surface area contributed by atoms with E-state index in [1.165, 1.54) is 31.7 Å². The molecule has 6 rings (SSSR count). The molecule has 0 saturated heterocycles. The Kier molecular flexibility index (Phi) is 15.0. The summed E-state index contributed by atoms with van der Waals surface area (Å²) in [4.78, 5) is 22.1. The Labute approximate surface area is 332 Å². The summed E-state index contributed by atoms with van der Waals surface area (Å²) in [7, 11) is 1.57. The summed E-state index contributed by atoms with van der Waals surface area (Å²) in [5.41, 5.74) is 3.23. The molecule has 9 nitrogen and oxygen atoms in total. The number of unbranched alkanes of at least 4 members (excludes halogenated alkanes) is 2. The third kappa shape index (κ3) is 9.18. The number of allylic oxidation sites excluding steroid dienone is 1. The van der Waals surface area contributed by atoms with Crippen LogP contribution < -0.4 is 9.47 Å². The maximum absolute atomic E-state index is 14.7. The molecule has 2 aromatic carbocycles. The molecule has 2 aromatic rings. The van der Waals surface area contributed by atoms with E-state index in [0.717, 1.165) is 55.4 Å². The molecule has 1 heterocycles. The number of oxime groups is 1. The van der Waals surface area contributed by atoms with Gasteiger partial charge in [-0.2, -0.15) is 0 Å². The molecule has 10 heteroatoms. The van der Waals surface area contributed by atoms with Crippen LogP contribution in [0.5, 0.6) is 11.5 Å². The van der Waals surface area contributed by atoms with Crippen LogP contribution >= 0.6 is 0 Å². The van der Waals surface area contributed by atoms with Gasteiger partial charge < -0.3 is 34.2 Å². The number of halogens is 1. The van der Waals surface area contributed by atoms with Gasteiger partial charge in [0.25, 0.3) is 0 Å². The Balaban J connectivity index is 1.51. The molecule has 0 aromatic heterocycles. The lowest BCUT2D eigenvalue weighted by atomic mass is 9.55. The van der Waals surface area contributed by atoms with Crippen molar-refractivity contribution in [2.75, 3.05) is 33.5 Å². The van der Waals surface area contributed by atoms with E-state index in [9.17, 15) is 19.4 Å². The number of amides is 1. The smallest absolute Gasteiger partial charge is 0.239 e. The van der Waals surface area contributed by atoms with Crippen LogP contribution in [0.2, 0.25) is 0 Å². The number of nitrogens with zero attached hydrogens (tertiary/aromatic N) is 2. The van der Waals surface area contributed by atoms with Crippen molar-refractivity contribution in [2.24, 2.45) is 28.8 Å². The number of hydrogen-bond donors (Lipinski definition) is 2. The zero-order valence-corrected chi connectivity index (χ0v) is 33.5. The predicted molar refractivity (Wildman–Crippen MR) is 216 cm³/mol. The van der Waals surface area contributed by atoms with E-state index < -0.39 is 11.8 Å². The van der Waals surface area contributed by atoms with Gasteiger partial charge in [0.15, 0.2) is 0 Å². The van der Waals surface area contributed by atoms with E-state index in [0.29, 0.717) is 55.2 Å². The van der Waals surface area contributed by atoms with Gasteiger partial charge in [-0.15, -0.1) is 6.58 Å². The molecule has 0 spiro atoms. The summed E-state index contributed by atoms with van der Waals surface area (Å²) >= 11 is 0. The molecule has 2 fully saturated rings. The molecule has 0 bridgehead atoms. The van der Waals surface area contributed by atoms with E-state index >= 15 is 0 Å². The van der Waals surface area contributed by atoms with Crippen molar-refractivity contribution < 1.29 is 38.4 Å². The van der Waals surface area contributed by atoms with Crippen LogP contribution in [0.15, 0.2) is 71.9 Å². The molecule has 0 unspecified atom stereocenters. The van der Waals surface area contributed by atoms with Crippen molar-refractivity contribution in [2.45, 2.75) is 121 Å². The first-order valence-electron chi connectivity index (χ1n) is 21.2. The minimum absolute atomic E-state index is 0.0727. The average molecular weight is 775 g/mol. The number of carbonyl (C=O) groups excluding carboxylic acids is 1. The van der Waals surface area contributed by atoms with Gasteiger partial charge in [-0.25, -0.2) is 4.39 Å². The van der Waals surface area contributed by atoms with E-state index in [2.05, 4.69) is 24.7 Å². The van der Waals surface area contributed by atoms with Crippen molar-refractivity contribution in [3.63, 3.8) is 0 Å². The topological polar surface area (TPSA) is 110 Å². The number of carbonyl (C=O) groups is 1. The number of ether oxygens (including phenoxy) is 3. The van der Waals surface area contributed by atoms with E-state index in [1.807, 2.05) is 23.1 Å². The van der Waals surface area contributed by atoms with Crippen LogP contribution in [0, 0.1) is 29.5 Å². The molecular weight excluding hydrogens is 712 g/mol. The van der Waals surface area contributed by atoms with Crippen molar-refractivity contribution >= 4 is 11.6 Å². The molecule has 56 heavy (non-hydrogen) atoms. The van der Waals surface area contributed by atoms with Gasteiger partial charge in [0.1, 0.15) is 37.1 Å². The molecule has 2 N–H and O–H groups in total. The second-order valence-electron chi connectivity index (χ2n) is 16.1. The van der Waals surface area contributed by atoms with Crippen LogP contribution in [0.1, 0.15) is 114 Å². The number of hydrogen-bond acceptors (Lipinski definition) is 8. The van der Waals surface area contributed by atoms with Gasteiger partial charge in [-0.3, -0.25) is 4.79 Å². The molecule has 1 amide bonds. The van der Waals surface area contributed by atoms with Gasteiger partial charge in [0.2, 0.25) is 11.7 Å². The molecule has 3 aliphatic carbocycles. The van der Waals surface area contributed by atoms with E-state index in [4.69, 9.17) is 19.0 Å². The van der Waals surface area contributed by atoms with E-state index in [-0.39, 0.29) is 61.8 Å². The minimum Gasteiger partial charge on any atom is -0.489 e. The Morgan fingerprint density at radius 2 is 1.84 bits per heavy atom. The number of aliphatic hydroxyl groups is 2. The molecule has 0 radical (unpaired) electrons. The highest BCUT2D eigenvalue weighted by Gasteiger charge is 2.65. The number of fused-ring (bicyclic) bond motifs is 2. The lowest BCUT2D eigenvalue weighted by Crippen LogP contribution is -2.70. The number of rotatable bonds is 21. The molecule has 6 atom stereocenters. The first-order chi connectivity index (χ1) is 27.4. The maximum atomic E-state index is 14.7. The van der Waals surface area contributed by atoms with Gasteiger partial charge >= 0.3 is 0 Å². The lowest BCUT2D eigenvalue weighted by Gasteiger charge is -2.60. The highest BCUT2D eigenvalue weighted by Crippen LogP contribution is 2.62. The fraction of sp³-hybridized carbons (Fsp3) is 0.609. The summed E-state index contributed by atoms with van der Waals surface area (Å²) in [5.74, 6) is 0.0672. The fourth-order valence-electron chi connectivity index (χ4n) is 10.1. The van der Waals surface area contributed by atoms with Crippen molar-refractivity contribution in [3.05, 3.63) is 83.7 Å². The summed E-state index contributed by atoms with van der Waals surface area (Å²) in [6.07, 6.45) is 16.2. The quantitative estimate of drug-likeness (QED) is 0.0741. The second kappa shape index (κ2) is 20.1. The van der Waals surface area contributed by atoms with Crippen molar-refractivity contribution in [3.8, 4) is 11.5 Å². The molecule has 2 saturated carbocycles. The molecule has 1 aliphatic heterocycles. The normalized spacial score (nSPS) is 26.2. The van der Waals surface area contributed by atoms with Gasteiger partial charge in [0.05, 0.1) is 18.2 Å². The molecule has 306 valence electrons. The predicted octanol–water partition coefficient (Wildman–Crippen LogP) is 8.88. The maximum Gasteiger partial charge on any atom is 0.239 e. The van der Waals surface area contributed by atoms with Crippen LogP contribution in [0.3, 0.4) is 0 Å². The Hall–Kier alpha value is -3.73. The molecule has 4 aliphatic rings. The van der Waals surface area contributed by atoms with Crippen LogP contribution in [-0.2, 0) is 21.0 Å². The van der Waals surface area contributed by atoms with Crippen LogP contribution in [0.25, 0.3) is 0 Å². The SMILES string of the molecule is C=CCO[C@@]12Oc3ccc(OCc4ccccc4F)cc3[C@H]3[C@H](CCCCO)[C@@H](CCCCO)C=C(C(=NOC)C[C@@H]1N(CCC)C(=O)CCC1CCCC1)[C@H]32. The largest absolute Gasteiger partial charge is 0.489 e. The first kappa shape index (κ1) is 41.9. The van der Waals surface area contributed by atoms with Gasteiger partial charge in [-0.05, 0) is 86.1 Å². The number of aliphatic hydroxyl groups excluding tert-OH is 2. The fourth-order valence-corrected chi connectivity index (χ4v) is 10.1. The highest BCUT2D eigenvalue weighted by molar-refractivity contribution is 6.03.